The van der Waals surface area contributed by atoms with Gasteiger partial charge < -0.3 is 9.84 Å². The second-order valence-corrected chi connectivity index (χ2v) is 5.46. The second-order valence-electron chi connectivity index (χ2n) is 5.46. The van der Waals surface area contributed by atoms with Crippen LogP contribution >= 0.6 is 0 Å². The third kappa shape index (κ3) is 3.85. The van der Waals surface area contributed by atoms with E-state index in [1.807, 2.05) is 19.1 Å². The van der Waals surface area contributed by atoms with E-state index in [0.717, 1.165) is 16.9 Å². The molecule has 0 aliphatic heterocycles. The molecule has 3 heteroatoms. The maximum atomic E-state index is 10.9. The number of carboxylic acid groups (broad SMARTS) is 1. The van der Waals surface area contributed by atoms with Crippen molar-refractivity contribution in [2.24, 2.45) is 0 Å². The van der Waals surface area contributed by atoms with Crippen LogP contribution in [0.2, 0.25) is 0 Å². The molecule has 3 nitrogen and oxygen atoms in total. The average molecular weight is 284 g/mol. The van der Waals surface area contributed by atoms with Crippen molar-refractivity contribution < 1.29 is 14.6 Å². The Bertz CT molecular complexity index is 627. The predicted octanol–water partition coefficient (Wildman–Crippen LogP) is 4.40. The van der Waals surface area contributed by atoms with Crippen molar-refractivity contribution in [2.75, 3.05) is 0 Å². The Morgan fingerprint density at radius 2 is 1.81 bits per heavy atom. The number of hydrogen-bond donors (Lipinski definition) is 1. The van der Waals surface area contributed by atoms with Crippen LogP contribution in [-0.2, 0) is 6.61 Å². The number of aromatic carboxylic acids is 1. The van der Waals surface area contributed by atoms with E-state index in [4.69, 9.17) is 9.84 Å². The number of carbonyl (C=O) groups is 1. The van der Waals surface area contributed by atoms with Gasteiger partial charge in [0.05, 0.1) is 5.56 Å². The Balaban J connectivity index is 2.04. The van der Waals surface area contributed by atoms with Gasteiger partial charge >= 0.3 is 5.97 Å². The molecule has 0 radical (unpaired) electrons. The smallest absolute Gasteiger partial charge is 0.335 e. The molecule has 0 bridgehead atoms. The van der Waals surface area contributed by atoms with Gasteiger partial charge in [-0.15, -0.1) is 0 Å². The molecule has 0 aliphatic carbocycles. The lowest BCUT2D eigenvalue weighted by atomic mass is 10.0. The van der Waals surface area contributed by atoms with Crippen molar-refractivity contribution in [3.63, 3.8) is 0 Å². The molecule has 0 fully saturated rings. The minimum Gasteiger partial charge on any atom is -0.489 e. The minimum absolute atomic E-state index is 0.303. The van der Waals surface area contributed by atoms with Gasteiger partial charge in [-0.05, 0) is 53.8 Å². The summed E-state index contributed by atoms with van der Waals surface area (Å²) in [5, 5.41) is 8.95. The largest absolute Gasteiger partial charge is 0.489 e. The van der Waals surface area contributed by atoms with E-state index < -0.39 is 5.97 Å². The van der Waals surface area contributed by atoms with Crippen LogP contribution in [0.5, 0.6) is 5.75 Å². The van der Waals surface area contributed by atoms with Gasteiger partial charge in [0.15, 0.2) is 0 Å². The van der Waals surface area contributed by atoms with Crippen molar-refractivity contribution in [3.8, 4) is 5.75 Å². The number of carboxylic acids is 1. The Labute approximate surface area is 125 Å². The van der Waals surface area contributed by atoms with Gasteiger partial charge in [0.2, 0.25) is 0 Å². The second kappa shape index (κ2) is 6.44. The first-order chi connectivity index (χ1) is 9.97. The number of ether oxygens (including phenoxy) is 1. The summed E-state index contributed by atoms with van der Waals surface area (Å²) in [4.78, 5) is 10.9. The number of aryl methyl sites for hydroxylation is 1. The van der Waals surface area contributed by atoms with Gasteiger partial charge in [0.25, 0.3) is 0 Å². The summed E-state index contributed by atoms with van der Waals surface area (Å²) in [5.74, 6) is 0.417. The molecule has 0 atom stereocenters. The molecule has 1 N–H and O–H groups in total. The Morgan fingerprint density at radius 1 is 1.14 bits per heavy atom. The first-order valence-electron chi connectivity index (χ1n) is 7.03. The molecule has 0 aromatic heterocycles. The highest BCUT2D eigenvalue weighted by Crippen LogP contribution is 2.20. The van der Waals surface area contributed by atoms with Crippen LogP contribution in [-0.4, -0.2) is 11.1 Å². The summed E-state index contributed by atoms with van der Waals surface area (Å²) in [7, 11) is 0. The summed E-state index contributed by atoms with van der Waals surface area (Å²) in [6.45, 7) is 6.65. The molecule has 0 spiro atoms. The number of hydrogen-bond acceptors (Lipinski definition) is 2. The van der Waals surface area contributed by atoms with E-state index in [-0.39, 0.29) is 0 Å². The SMILES string of the molecule is Cc1cc(C(=O)O)ccc1COc1ccc(C(C)C)cc1. The van der Waals surface area contributed by atoms with Gasteiger partial charge in [-0.1, -0.05) is 32.0 Å². The van der Waals surface area contributed by atoms with Crippen LogP contribution in [0.25, 0.3) is 0 Å². The molecule has 0 heterocycles. The summed E-state index contributed by atoms with van der Waals surface area (Å²) in [6, 6.07) is 13.2. The fourth-order valence-electron chi connectivity index (χ4n) is 2.10. The van der Waals surface area contributed by atoms with E-state index in [2.05, 4.69) is 26.0 Å². The van der Waals surface area contributed by atoms with Gasteiger partial charge in [-0.3, -0.25) is 0 Å². The molecule has 0 amide bonds. The van der Waals surface area contributed by atoms with Gasteiger partial charge in [-0.2, -0.15) is 0 Å². The van der Waals surface area contributed by atoms with Crippen LogP contribution < -0.4 is 4.74 Å². The highest BCUT2D eigenvalue weighted by Gasteiger charge is 2.06. The molecule has 0 saturated carbocycles. The lowest BCUT2D eigenvalue weighted by molar-refractivity contribution is 0.0696. The standard InChI is InChI=1S/C18H20O3/c1-12(2)14-6-8-17(9-7-14)21-11-16-5-4-15(18(19)20)10-13(16)3/h4-10,12H,11H2,1-3H3,(H,19,20). The number of rotatable bonds is 5. The van der Waals surface area contributed by atoms with Gasteiger partial charge in [0, 0.05) is 0 Å². The summed E-state index contributed by atoms with van der Waals surface area (Å²) in [6.07, 6.45) is 0. The van der Waals surface area contributed by atoms with Crippen LogP contribution in [0.4, 0.5) is 0 Å². The molecular weight excluding hydrogens is 264 g/mol. The zero-order valence-corrected chi connectivity index (χ0v) is 12.6. The highest BCUT2D eigenvalue weighted by atomic mass is 16.5. The topological polar surface area (TPSA) is 46.5 Å². The Morgan fingerprint density at radius 3 is 2.33 bits per heavy atom. The van der Waals surface area contributed by atoms with E-state index in [9.17, 15) is 4.79 Å². The molecule has 2 rings (SSSR count). The zero-order chi connectivity index (χ0) is 15.4. The van der Waals surface area contributed by atoms with Crippen molar-refractivity contribution in [1.29, 1.82) is 0 Å². The first-order valence-corrected chi connectivity index (χ1v) is 7.03. The van der Waals surface area contributed by atoms with Crippen molar-refractivity contribution in [3.05, 3.63) is 64.7 Å². The van der Waals surface area contributed by atoms with Crippen LogP contribution in [0.1, 0.15) is 46.8 Å². The van der Waals surface area contributed by atoms with E-state index in [1.54, 1.807) is 18.2 Å². The molecule has 0 unspecified atom stereocenters. The molecule has 0 saturated heterocycles. The monoisotopic (exact) mass is 284 g/mol. The molecule has 21 heavy (non-hydrogen) atoms. The molecular formula is C18H20O3. The molecule has 0 aliphatic rings. The lowest BCUT2D eigenvalue weighted by Crippen LogP contribution is -2.02. The molecule has 110 valence electrons. The van der Waals surface area contributed by atoms with Gasteiger partial charge in [0.1, 0.15) is 12.4 Å². The van der Waals surface area contributed by atoms with E-state index in [1.165, 1.54) is 5.56 Å². The van der Waals surface area contributed by atoms with Gasteiger partial charge in [-0.25, -0.2) is 4.79 Å². The normalized spacial score (nSPS) is 10.7. The Hall–Kier alpha value is -2.29. The fraction of sp³-hybridized carbons (Fsp3) is 0.278. The third-order valence-electron chi connectivity index (χ3n) is 3.53. The van der Waals surface area contributed by atoms with Crippen molar-refractivity contribution in [2.45, 2.75) is 33.3 Å². The summed E-state index contributed by atoms with van der Waals surface area (Å²) in [5.41, 5.74) is 3.50. The van der Waals surface area contributed by atoms with Crippen LogP contribution in [0.3, 0.4) is 0 Å². The average Bonchev–Trinajstić information content (AvgIpc) is 2.46. The highest BCUT2D eigenvalue weighted by molar-refractivity contribution is 5.87. The van der Waals surface area contributed by atoms with Crippen LogP contribution in [0.15, 0.2) is 42.5 Å². The Kier molecular flexibility index (Phi) is 4.63. The van der Waals surface area contributed by atoms with Crippen LogP contribution in [0, 0.1) is 6.92 Å². The predicted molar refractivity (Wildman–Crippen MR) is 83.0 cm³/mol. The zero-order valence-electron chi connectivity index (χ0n) is 12.6. The molecule has 2 aromatic carbocycles. The molecule has 2 aromatic rings. The quantitative estimate of drug-likeness (QED) is 0.885. The van der Waals surface area contributed by atoms with Crippen molar-refractivity contribution >= 4 is 5.97 Å². The fourth-order valence-corrected chi connectivity index (χ4v) is 2.10. The van der Waals surface area contributed by atoms with Crippen molar-refractivity contribution in [1.82, 2.24) is 0 Å². The van der Waals surface area contributed by atoms with E-state index in [0.29, 0.717) is 18.1 Å². The van der Waals surface area contributed by atoms with E-state index >= 15 is 0 Å². The maximum Gasteiger partial charge on any atom is 0.335 e. The maximum absolute atomic E-state index is 10.9. The third-order valence-corrected chi connectivity index (χ3v) is 3.53. The number of benzene rings is 2. The summed E-state index contributed by atoms with van der Waals surface area (Å²) < 4.78 is 5.76. The lowest BCUT2D eigenvalue weighted by Gasteiger charge is -2.11. The minimum atomic E-state index is -0.908. The summed E-state index contributed by atoms with van der Waals surface area (Å²) >= 11 is 0. The first kappa shape index (κ1) is 15.1.